The molecule has 166 valence electrons. The van der Waals surface area contributed by atoms with E-state index in [0.29, 0.717) is 0 Å². The van der Waals surface area contributed by atoms with Crippen molar-refractivity contribution in [3.63, 3.8) is 0 Å². The fourth-order valence-electron chi connectivity index (χ4n) is 4.13. The normalized spacial score (nSPS) is 14.6. The second-order valence-electron chi connectivity index (χ2n) is 9.99. The highest BCUT2D eigenvalue weighted by Crippen LogP contribution is 2.54. The molecule has 0 radical (unpaired) electrons. The largest absolute Gasteiger partial charge is 0.460 e. The van der Waals surface area contributed by atoms with Crippen molar-refractivity contribution in [2.75, 3.05) is 0 Å². The first kappa shape index (κ1) is 24.0. The summed E-state index contributed by atoms with van der Waals surface area (Å²) >= 11 is 7.13. The van der Waals surface area contributed by atoms with Gasteiger partial charge in [-0.3, -0.25) is 9.59 Å². The van der Waals surface area contributed by atoms with E-state index in [-0.39, 0.29) is 24.8 Å². The van der Waals surface area contributed by atoms with E-state index in [0.717, 1.165) is 31.2 Å². The maximum atomic E-state index is 13.1. The van der Waals surface area contributed by atoms with E-state index in [1.165, 1.54) is 0 Å². The van der Waals surface area contributed by atoms with E-state index in [1.54, 1.807) is 0 Å². The highest BCUT2D eigenvalue weighted by molar-refractivity contribution is 9.10. The third-order valence-corrected chi connectivity index (χ3v) is 6.00. The Morgan fingerprint density at radius 2 is 1.10 bits per heavy atom. The lowest BCUT2D eigenvalue weighted by Gasteiger charge is -2.33. The van der Waals surface area contributed by atoms with E-state index in [4.69, 9.17) is 9.47 Å². The van der Waals surface area contributed by atoms with Gasteiger partial charge in [-0.25, -0.2) is 0 Å². The zero-order valence-corrected chi connectivity index (χ0v) is 21.9. The quantitative estimate of drug-likeness (QED) is 0.386. The summed E-state index contributed by atoms with van der Waals surface area (Å²) in [6, 6.07) is 12.0. The summed E-state index contributed by atoms with van der Waals surface area (Å²) in [6.07, 6.45) is 0.0762. The van der Waals surface area contributed by atoms with Gasteiger partial charge in [0, 0.05) is 14.4 Å². The summed E-state index contributed by atoms with van der Waals surface area (Å²) in [5, 5.41) is 0. The zero-order chi connectivity index (χ0) is 23.2. The summed E-state index contributed by atoms with van der Waals surface area (Å²) in [5.41, 5.74) is 1.74. The van der Waals surface area contributed by atoms with Crippen LogP contribution in [0.3, 0.4) is 0 Å². The molecule has 6 heteroatoms. The smallest absolute Gasteiger partial charge is 0.307 e. The van der Waals surface area contributed by atoms with Crippen molar-refractivity contribution >= 4 is 43.8 Å². The van der Waals surface area contributed by atoms with Gasteiger partial charge in [-0.2, -0.15) is 0 Å². The first-order chi connectivity index (χ1) is 14.2. The first-order valence-electron chi connectivity index (χ1n) is 10.2. The van der Waals surface area contributed by atoms with Crippen molar-refractivity contribution in [1.29, 1.82) is 0 Å². The molecule has 1 aliphatic rings. The van der Waals surface area contributed by atoms with E-state index >= 15 is 0 Å². The number of esters is 2. The third kappa shape index (κ3) is 5.40. The predicted octanol–water partition coefficient (Wildman–Crippen LogP) is 6.94. The molecule has 31 heavy (non-hydrogen) atoms. The molecule has 0 aliphatic heterocycles. The second-order valence-corrected chi connectivity index (χ2v) is 11.8. The summed E-state index contributed by atoms with van der Waals surface area (Å²) in [6.45, 7) is 11.1. The van der Waals surface area contributed by atoms with E-state index in [9.17, 15) is 9.59 Å². The second kappa shape index (κ2) is 8.36. The van der Waals surface area contributed by atoms with Crippen LogP contribution in [0.2, 0.25) is 0 Å². The Hall–Kier alpha value is -1.66. The molecule has 0 spiro atoms. The number of rotatable bonds is 4. The molecule has 3 rings (SSSR count). The average Bonchev–Trinajstić information content (AvgIpc) is 2.80. The number of hydrogen-bond donors (Lipinski definition) is 0. The molecular formula is C25H28Br2O4. The van der Waals surface area contributed by atoms with Crippen molar-refractivity contribution in [2.45, 2.75) is 71.0 Å². The van der Waals surface area contributed by atoms with E-state index < -0.39 is 16.6 Å². The minimum absolute atomic E-state index is 0.0381. The molecule has 0 atom stereocenters. The molecule has 0 saturated heterocycles. The summed E-state index contributed by atoms with van der Waals surface area (Å²) in [4.78, 5) is 26.2. The Labute approximate surface area is 201 Å². The van der Waals surface area contributed by atoms with Gasteiger partial charge in [0.1, 0.15) is 11.2 Å². The van der Waals surface area contributed by atoms with Crippen molar-refractivity contribution in [3.05, 3.63) is 56.5 Å². The molecule has 0 heterocycles. The van der Waals surface area contributed by atoms with Gasteiger partial charge in [0.2, 0.25) is 0 Å². The van der Waals surface area contributed by atoms with Crippen LogP contribution in [0.4, 0.5) is 0 Å². The monoisotopic (exact) mass is 550 g/mol. The molecule has 4 nitrogen and oxygen atoms in total. The molecule has 0 unspecified atom stereocenters. The van der Waals surface area contributed by atoms with Gasteiger partial charge >= 0.3 is 11.9 Å². The molecule has 0 aromatic heterocycles. The van der Waals surface area contributed by atoms with Crippen LogP contribution in [0.25, 0.3) is 11.1 Å². The van der Waals surface area contributed by atoms with Gasteiger partial charge in [0.15, 0.2) is 0 Å². The highest BCUT2D eigenvalue weighted by atomic mass is 79.9. The maximum absolute atomic E-state index is 13.1. The molecule has 0 fully saturated rings. The average molecular weight is 552 g/mol. The van der Waals surface area contributed by atoms with E-state index in [2.05, 4.69) is 31.9 Å². The molecule has 2 aromatic rings. The third-order valence-electron chi connectivity index (χ3n) is 5.02. The predicted molar refractivity (Wildman–Crippen MR) is 129 cm³/mol. The van der Waals surface area contributed by atoms with Gasteiger partial charge < -0.3 is 9.47 Å². The Morgan fingerprint density at radius 3 is 1.42 bits per heavy atom. The molecule has 2 aromatic carbocycles. The van der Waals surface area contributed by atoms with Crippen LogP contribution in [-0.4, -0.2) is 23.1 Å². The topological polar surface area (TPSA) is 52.6 Å². The lowest BCUT2D eigenvalue weighted by Crippen LogP contribution is -2.37. The number of halogens is 2. The Kier molecular flexibility index (Phi) is 6.47. The molecule has 1 aliphatic carbocycles. The first-order valence-corrected chi connectivity index (χ1v) is 11.8. The summed E-state index contributed by atoms with van der Waals surface area (Å²) in [5.74, 6) is -0.704. The standard InChI is InChI=1S/C25H28Br2O4/c1-23(2,3)30-21(28)13-25(14-22(29)31-24(4,5)6)19-11-15(26)7-9-17(19)18-10-8-16(27)12-20(18)25/h7-12H,13-14H2,1-6H3. The van der Waals surface area contributed by atoms with Crippen LogP contribution in [0.15, 0.2) is 45.3 Å². The Bertz CT molecular complexity index is 945. The minimum Gasteiger partial charge on any atom is -0.460 e. The van der Waals surface area contributed by atoms with Crippen molar-refractivity contribution in [2.24, 2.45) is 0 Å². The van der Waals surface area contributed by atoms with Crippen LogP contribution in [0, 0.1) is 0 Å². The highest BCUT2D eigenvalue weighted by Gasteiger charge is 2.48. The van der Waals surface area contributed by atoms with Crippen LogP contribution >= 0.6 is 31.9 Å². The molecule has 0 bridgehead atoms. The van der Waals surface area contributed by atoms with Gasteiger partial charge in [0.05, 0.1) is 12.8 Å². The fourth-order valence-corrected chi connectivity index (χ4v) is 4.85. The van der Waals surface area contributed by atoms with Gasteiger partial charge in [-0.15, -0.1) is 0 Å². The number of carbonyl (C=O) groups excluding carboxylic acids is 2. The van der Waals surface area contributed by atoms with Crippen LogP contribution < -0.4 is 0 Å². The number of benzene rings is 2. The van der Waals surface area contributed by atoms with Crippen LogP contribution in [0.1, 0.15) is 65.5 Å². The van der Waals surface area contributed by atoms with Gasteiger partial charge in [-0.05, 0) is 88.1 Å². The molecular weight excluding hydrogens is 524 g/mol. The fraction of sp³-hybridized carbons (Fsp3) is 0.440. The van der Waals surface area contributed by atoms with Gasteiger partial charge in [-0.1, -0.05) is 44.0 Å². The number of hydrogen-bond acceptors (Lipinski definition) is 4. The molecule has 0 N–H and O–H groups in total. The summed E-state index contributed by atoms with van der Waals surface area (Å²) in [7, 11) is 0. The van der Waals surface area contributed by atoms with Gasteiger partial charge in [0.25, 0.3) is 0 Å². The molecule has 0 amide bonds. The number of ether oxygens (including phenoxy) is 2. The lowest BCUT2D eigenvalue weighted by molar-refractivity contribution is -0.158. The Balaban J connectivity index is 2.19. The van der Waals surface area contributed by atoms with E-state index in [1.807, 2.05) is 77.9 Å². The van der Waals surface area contributed by atoms with Crippen molar-refractivity contribution in [3.8, 4) is 11.1 Å². The SMILES string of the molecule is CC(C)(C)OC(=O)CC1(CC(=O)OC(C)(C)C)c2cc(Br)ccc2-c2ccc(Br)cc21. The van der Waals surface area contributed by atoms with Crippen molar-refractivity contribution < 1.29 is 19.1 Å². The zero-order valence-electron chi connectivity index (χ0n) is 18.8. The van der Waals surface area contributed by atoms with Crippen LogP contribution in [0.5, 0.6) is 0 Å². The number of fused-ring (bicyclic) bond motifs is 3. The van der Waals surface area contributed by atoms with Crippen LogP contribution in [-0.2, 0) is 24.5 Å². The maximum Gasteiger partial charge on any atom is 0.307 e. The molecule has 0 saturated carbocycles. The number of carbonyl (C=O) groups is 2. The lowest BCUT2D eigenvalue weighted by atomic mass is 9.72. The van der Waals surface area contributed by atoms with Crippen molar-refractivity contribution in [1.82, 2.24) is 0 Å². The Morgan fingerprint density at radius 1 is 0.742 bits per heavy atom. The minimum atomic E-state index is -0.886. The summed E-state index contributed by atoms with van der Waals surface area (Å²) < 4.78 is 13.1.